The predicted octanol–water partition coefficient (Wildman–Crippen LogP) is 1.80. The Kier molecular flexibility index (Phi) is 7.54. The van der Waals surface area contributed by atoms with E-state index in [4.69, 9.17) is 0 Å². The fraction of sp³-hybridized carbons (Fsp3) is 0.360. The third kappa shape index (κ3) is 5.79. The molecule has 0 bridgehead atoms. The molecule has 34 heavy (non-hydrogen) atoms. The molecule has 2 N–H and O–H groups in total. The van der Waals surface area contributed by atoms with E-state index in [1.165, 1.54) is 0 Å². The number of aromatic amines is 1. The molecule has 0 saturated carbocycles. The summed E-state index contributed by atoms with van der Waals surface area (Å²) in [5.74, 6) is 0.509. The first kappa shape index (κ1) is 23.4. The van der Waals surface area contributed by atoms with Crippen molar-refractivity contribution >= 4 is 22.8 Å². The van der Waals surface area contributed by atoms with E-state index >= 15 is 0 Å². The van der Waals surface area contributed by atoms with Crippen LogP contribution in [0.25, 0.3) is 10.9 Å². The molecule has 1 aromatic heterocycles. The number of benzene rings is 2. The summed E-state index contributed by atoms with van der Waals surface area (Å²) >= 11 is 0. The van der Waals surface area contributed by atoms with Gasteiger partial charge in [-0.2, -0.15) is 0 Å². The highest BCUT2D eigenvalue weighted by Gasteiger charge is 2.23. The monoisotopic (exact) mass is 462 g/mol. The molecule has 1 aliphatic heterocycles. The minimum Gasteiger partial charge on any atom is -0.337 e. The van der Waals surface area contributed by atoms with Gasteiger partial charge in [0.1, 0.15) is 5.82 Å². The maximum Gasteiger partial charge on any atom is 0.317 e. The molecule has 3 aromatic rings. The number of urea groups is 1. The maximum absolute atomic E-state index is 12.6. The van der Waals surface area contributed by atoms with Gasteiger partial charge in [-0.25, -0.2) is 9.78 Å². The van der Waals surface area contributed by atoms with Crippen molar-refractivity contribution < 1.29 is 9.59 Å². The first-order valence-electron chi connectivity index (χ1n) is 11.6. The second kappa shape index (κ2) is 10.9. The van der Waals surface area contributed by atoms with Crippen LogP contribution in [0.2, 0.25) is 0 Å². The number of fused-ring (bicyclic) bond motifs is 1. The van der Waals surface area contributed by atoms with Crippen molar-refractivity contribution in [2.45, 2.75) is 20.0 Å². The maximum atomic E-state index is 12.6. The van der Waals surface area contributed by atoms with Crippen molar-refractivity contribution in [2.75, 3.05) is 39.3 Å². The first-order chi connectivity index (χ1) is 16.5. The summed E-state index contributed by atoms with van der Waals surface area (Å²) in [7, 11) is 0. The summed E-state index contributed by atoms with van der Waals surface area (Å²) in [6.45, 7) is 5.92. The summed E-state index contributed by atoms with van der Waals surface area (Å²) < 4.78 is 0. The summed E-state index contributed by atoms with van der Waals surface area (Å²) in [4.78, 5) is 50.5. The average molecular weight is 463 g/mol. The number of carbonyl (C=O) groups excluding carboxylic acids is 2. The molecular weight excluding hydrogens is 432 g/mol. The third-order valence-corrected chi connectivity index (χ3v) is 6.04. The Balaban J connectivity index is 1.24. The van der Waals surface area contributed by atoms with Crippen LogP contribution in [0.5, 0.6) is 0 Å². The SMILES string of the molecule is CCN(Cc1ccccc1)C(=O)CNC(=O)N1CCN(Cc2nc3ccccc3c(=O)[nH]2)CC1. The normalized spacial score (nSPS) is 14.2. The van der Waals surface area contributed by atoms with Crippen LogP contribution < -0.4 is 10.9 Å². The average Bonchev–Trinajstić information content (AvgIpc) is 2.86. The van der Waals surface area contributed by atoms with Gasteiger partial charge in [-0.3, -0.25) is 14.5 Å². The van der Waals surface area contributed by atoms with Gasteiger partial charge in [-0.05, 0) is 24.6 Å². The minimum absolute atomic E-state index is 0.0258. The molecule has 0 unspecified atom stereocenters. The zero-order valence-corrected chi connectivity index (χ0v) is 19.4. The van der Waals surface area contributed by atoms with Crippen LogP contribution >= 0.6 is 0 Å². The standard InChI is InChI=1S/C25H30N6O3/c1-2-30(17-19-8-4-3-5-9-19)23(32)16-26-25(34)31-14-12-29(13-15-31)18-22-27-21-11-7-6-10-20(21)24(33)28-22/h3-11H,2,12-18H2,1H3,(H,26,34)(H,27,28,33). The van der Waals surface area contributed by atoms with Crippen LogP contribution in [0, 0.1) is 0 Å². The first-order valence-corrected chi connectivity index (χ1v) is 11.6. The van der Waals surface area contributed by atoms with Crippen LogP contribution in [0.1, 0.15) is 18.3 Å². The minimum atomic E-state index is -0.235. The van der Waals surface area contributed by atoms with Crippen LogP contribution in [-0.4, -0.2) is 75.9 Å². The van der Waals surface area contributed by atoms with Crippen molar-refractivity contribution in [1.29, 1.82) is 0 Å². The molecule has 0 atom stereocenters. The van der Waals surface area contributed by atoms with E-state index in [9.17, 15) is 14.4 Å². The van der Waals surface area contributed by atoms with Crippen molar-refractivity contribution in [1.82, 2.24) is 30.0 Å². The topological polar surface area (TPSA) is 102 Å². The molecule has 1 aliphatic rings. The molecule has 0 radical (unpaired) electrons. The fourth-order valence-corrected chi connectivity index (χ4v) is 4.09. The van der Waals surface area contributed by atoms with Crippen molar-refractivity contribution in [3.8, 4) is 0 Å². The van der Waals surface area contributed by atoms with E-state index in [2.05, 4.69) is 20.2 Å². The highest BCUT2D eigenvalue weighted by molar-refractivity contribution is 5.84. The lowest BCUT2D eigenvalue weighted by Crippen LogP contribution is -2.53. The van der Waals surface area contributed by atoms with Crippen molar-refractivity contribution in [3.05, 3.63) is 76.3 Å². The van der Waals surface area contributed by atoms with Crippen LogP contribution in [0.15, 0.2) is 59.4 Å². The Bertz CT molecular complexity index is 1190. The van der Waals surface area contributed by atoms with Crippen molar-refractivity contribution in [3.63, 3.8) is 0 Å². The van der Waals surface area contributed by atoms with Gasteiger partial charge in [-0.1, -0.05) is 42.5 Å². The molecule has 4 rings (SSSR count). The molecule has 178 valence electrons. The Morgan fingerprint density at radius 2 is 1.74 bits per heavy atom. The molecule has 0 spiro atoms. The van der Waals surface area contributed by atoms with E-state index in [1.807, 2.05) is 55.5 Å². The van der Waals surface area contributed by atoms with Gasteiger partial charge in [0, 0.05) is 39.3 Å². The molecule has 1 saturated heterocycles. The molecule has 2 aromatic carbocycles. The number of carbonyl (C=O) groups is 2. The number of para-hydroxylation sites is 1. The fourth-order valence-electron chi connectivity index (χ4n) is 4.09. The number of hydrogen-bond acceptors (Lipinski definition) is 5. The number of likely N-dealkylation sites (N-methyl/N-ethyl adjacent to an activating group) is 1. The Morgan fingerprint density at radius 1 is 1.03 bits per heavy atom. The quantitative estimate of drug-likeness (QED) is 0.558. The zero-order chi connectivity index (χ0) is 23.9. The molecule has 1 fully saturated rings. The van der Waals surface area contributed by atoms with Crippen molar-refractivity contribution in [2.24, 2.45) is 0 Å². The lowest BCUT2D eigenvalue weighted by Gasteiger charge is -2.34. The molecule has 3 amide bonds. The highest BCUT2D eigenvalue weighted by atomic mass is 16.2. The molecule has 2 heterocycles. The molecular formula is C25H30N6O3. The number of rotatable bonds is 7. The number of hydrogen-bond donors (Lipinski definition) is 2. The van der Waals surface area contributed by atoms with E-state index in [1.54, 1.807) is 15.9 Å². The van der Waals surface area contributed by atoms with Gasteiger partial charge in [0.25, 0.3) is 5.56 Å². The third-order valence-electron chi connectivity index (χ3n) is 6.04. The number of nitrogens with zero attached hydrogens (tertiary/aromatic N) is 4. The van der Waals surface area contributed by atoms with Crippen LogP contribution in [-0.2, 0) is 17.9 Å². The van der Waals surface area contributed by atoms with Gasteiger partial charge in [0.2, 0.25) is 5.91 Å². The molecule has 0 aliphatic carbocycles. The number of nitrogens with one attached hydrogen (secondary N) is 2. The van der Waals surface area contributed by atoms with Gasteiger partial charge in [0.05, 0.1) is 24.0 Å². The Labute approximate surface area is 198 Å². The summed E-state index contributed by atoms with van der Waals surface area (Å²) in [6, 6.07) is 16.8. The number of amides is 3. The van der Waals surface area contributed by atoms with Gasteiger partial charge in [-0.15, -0.1) is 0 Å². The predicted molar refractivity (Wildman–Crippen MR) is 130 cm³/mol. The lowest BCUT2D eigenvalue weighted by molar-refractivity contribution is -0.130. The van der Waals surface area contributed by atoms with E-state index in [-0.39, 0.29) is 24.0 Å². The summed E-state index contributed by atoms with van der Waals surface area (Å²) in [6.07, 6.45) is 0. The van der Waals surface area contributed by atoms with E-state index in [0.717, 1.165) is 5.56 Å². The highest BCUT2D eigenvalue weighted by Crippen LogP contribution is 2.09. The number of piperazine rings is 1. The van der Waals surface area contributed by atoms with E-state index in [0.29, 0.717) is 62.5 Å². The van der Waals surface area contributed by atoms with Gasteiger partial charge < -0.3 is 20.1 Å². The number of aromatic nitrogens is 2. The Hall–Kier alpha value is -3.72. The summed E-state index contributed by atoms with van der Waals surface area (Å²) in [5, 5.41) is 3.34. The summed E-state index contributed by atoms with van der Waals surface area (Å²) in [5.41, 5.74) is 1.59. The van der Waals surface area contributed by atoms with Gasteiger partial charge >= 0.3 is 6.03 Å². The second-order valence-electron chi connectivity index (χ2n) is 8.35. The second-order valence-corrected chi connectivity index (χ2v) is 8.35. The Morgan fingerprint density at radius 3 is 2.47 bits per heavy atom. The smallest absolute Gasteiger partial charge is 0.317 e. The van der Waals surface area contributed by atoms with Crippen LogP contribution in [0.4, 0.5) is 4.79 Å². The number of H-pyrrole nitrogens is 1. The van der Waals surface area contributed by atoms with Crippen LogP contribution in [0.3, 0.4) is 0 Å². The molecule has 9 nitrogen and oxygen atoms in total. The zero-order valence-electron chi connectivity index (χ0n) is 19.4. The largest absolute Gasteiger partial charge is 0.337 e. The van der Waals surface area contributed by atoms with E-state index < -0.39 is 0 Å². The van der Waals surface area contributed by atoms with Gasteiger partial charge in [0.15, 0.2) is 0 Å². The molecule has 9 heteroatoms. The lowest BCUT2D eigenvalue weighted by atomic mass is 10.2.